The van der Waals surface area contributed by atoms with Gasteiger partial charge in [0.1, 0.15) is 11.1 Å². The number of carboxylic acid groups (broad SMARTS) is 1. The molecule has 0 unspecified atom stereocenters. The van der Waals surface area contributed by atoms with Gasteiger partial charge in [-0.3, -0.25) is 4.98 Å². The topological polar surface area (TPSA) is 62.2 Å². The fourth-order valence-corrected chi connectivity index (χ4v) is 2.28. The van der Waals surface area contributed by atoms with Gasteiger partial charge in [0, 0.05) is 11.6 Å². The van der Waals surface area contributed by atoms with Crippen molar-refractivity contribution in [2.45, 2.75) is 24.6 Å². The Morgan fingerprint density at radius 3 is 2.52 bits per heavy atom. The SMILES string of the molecule is O=C(O)c1cnc2ccccc2c1NC1(C(F)(F)F)CC1. The molecule has 0 spiro atoms. The highest BCUT2D eigenvalue weighted by atomic mass is 19.4. The number of para-hydroxylation sites is 1. The van der Waals surface area contributed by atoms with Crippen LogP contribution in [0.1, 0.15) is 23.2 Å². The summed E-state index contributed by atoms with van der Waals surface area (Å²) in [5, 5.41) is 12.0. The fourth-order valence-electron chi connectivity index (χ4n) is 2.28. The van der Waals surface area contributed by atoms with Gasteiger partial charge in [-0.1, -0.05) is 18.2 Å². The predicted molar refractivity (Wildman–Crippen MR) is 70.3 cm³/mol. The minimum absolute atomic E-state index is 0.0251. The Bertz CT molecular complexity index is 724. The van der Waals surface area contributed by atoms with Crippen molar-refractivity contribution in [3.63, 3.8) is 0 Å². The molecule has 1 saturated carbocycles. The van der Waals surface area contributed by atoms with E-state index in [9.17, 15) is 23.1 Å². The third-order valence-corrected chi connectivity index (χ3v) is 3.66. The first-order valence-electron chi connectivity index (χ1n) is 6.30. The van der Waals surface area contributed by atoms with Crippen LogP contribution in [-0.2, 0) is 0 Å². The second-order valence-electron chi connectivity index (χ2n) is 5.07. The molecule has 7 heteroatoms. The highest BCUT2D eigenvalue weighted by Gasteiger charge is 2.63. The van der Waals surface area contributed by atoms with E-state index in [1.165, 1.54) is 0 Å². The monoisotopic (exact) mass is 296 g/mol. The first-order chi connectivity index (χ1) is 9.84. The second kappa shape index (κ2) is 4.34. The van der Waals surface area contributed by atoms with Gasteiger partial charge in [-0.25, -0.2) is 4.79 Å². The molecule has 2 N–H and O–H groups in total. The lowest BCUT2D eigenvalue weighted by atomic mass is 10.1. The summed E-state index contributed by atoms with van der Waals surface area (Å²) >= 11 is 0. The van der Waals surface area contributed by atoms with E-state index < -0.39 is 17.7 Å². The number of alkyl halides is 3. The maximum Gasteiger partial charge on any atom is 0.411 e. The number of pyridine rings is 1. The molecule has 1 aliphatic carbocycles. The second-order valence-corrected chi connectivity index (χ2v) is 5.07. The van der Waals surface area contributed by atoms with E-state index in [-0.39, 0.29) is 24.1 Å². The molecule has 0 atom stereocenters. The van der Waals surface area contributed by atoms with Gasteiger partial charge in [0.25, 0.3) is 0 Å². The van der Waals surface area contributed by atoms with Crippen molar-refractivity contribution in [2.24, 2.45) is 0 Å². The summed E-state index contributed by atoms with van der Waals surface area (Å²) < 4.78 is 39.3. The normalized spacial score (nSPS) is 16.7. The highest BCUT2D eigenvalue weighted by Crippen LogP contribution is 2.52. The Morgan fingerprint density at radius 1 is 1.29 bits per heavy atom. The lowest BCUT2D eigenvalue weighted by Crippen LogP contribution is -2.39. The zero-order valence-electron chi connectivity index (χ0n) is 10.7. The van der Waals surface area contributed by atoms with Gasteiger partial charge in [-0.05, 0) is 18.9 Å². The van der Waals surface area contributed by atoms with Crippen molar-refractivity contribution < 1.29 is 23.1 Å². The molecule has 1 aliphatic rings. The van der Waals surface area contributed by atoms with Gasteiger partial charge in [-0.2, -0.15) is 13.2 Å². The van der Waals surface area contributed by atoms with Crippen LogP contribution in [0.2, 0.25) is 0 Å². The summed E-state index contributed by atoms with van der Waals surface area (Å²) in [7, 11) is 0. The van der Waals surface area contributed by atoms with Crippen molar-refractivity contribution in [2.75, 3.05) is 5.32 Å². The van der Waals surface area contributed by atoms with Crippen LogP contribution in [-0.4, -0.2) is 27.8 Å². The molecule has 1 fully saturated rings. The number of rotatable bonds is 3. The molecule has 0 amide bonds. The van der Waals surface area contributed by atoms with E-state index in [4.69, 9.17) is 0 Å². The number of aromatic nitrogens is 1. The van der Waals surface area contributed by atoms with Crippen molar-refractivity contribution in [1.82, 2.24) is 4.98 Å². The molecule has 0 bridgehead atoms. The van der Waals surface area contributed by atoms with Crippen molar-refractivity contribution in [3.8, 4) is 0 Å². The molecule has 0 aliphatic heterocycles. The van der Waals surface area contributed by atoms with E-state index in [1.807, 2.05) is 0 Å². The van der Waals surface area contributed by atoms with E-state index >= 15 is 0 Å². The minimum Gasteiger partial charge on any atom is -0.478 e. The van der Waals surface area contributed by atoms with E-state index in [0.29, 0.717) is 10.9 Å². The van der Waals surface area contributed by atoms with Crippen LogP contribution < -0.4 is 5.32 Å². The standard InChI is InChI=1S/C14H11F3N2O2/c15-14(16,17)13(5-6-13)19-11-8-3-1-2-4-10(8)18-7-9(11)12(20)21/h1-4,7H,5-6H2,(H,18,19)(H,20,21). The maximum atomic E-state index is 13.1. The smallest absolute Gasteiger partial charge is 0.411 e. The number of carbonyl (C=O) groups is 1. The van der Waals surface area contributed by atoms with Crippen LogP contribution in [0.5, 0.6) is 0 Å². The number of halogens is 3. The van der Waals surface area contributed by atoms with Crippen molar-refractivity contribution in [1.29, 1.82) is 0 Å². The molecule has 0 saturated heterocycles. The molecule has 2 aromatic rings. The first-order valence-corrected chi connectivity index (χ1v) is 6.30. The molecule has 1 aromatic heterocycles. The number of carboxylic acids is 1. The van der Waals surface area contributed by atoms with Crippen LogP contribution in [0.15, 0.2) is 30.5 Å². The van der Waals surface area contributed by atoms with Crippen LogP contribution in [0.4, 0.5) is 18.9 Å². The molecular weight excluding hydrogens is 285 g/mol. The number of fused-ring (bicyclic) bond motifs is 1. The number of aromatic carboxylic acids is 1. The Morgan fingerprint density at radius 2 is 1.95 bits per heavy atom. The molecular formula is C14H11F3N2O2. The van der Waals surface area contributed by atoms with Gasteiger partial charge in [-0.15, -0.1) is 0 Å². The van der Waals surface area contributed by atoms with Crippen molar-refractivity contribution in [3.05, 3.63) is 36.0 Å². The molecule has 1 aromatic carbocycles. The molecule has 110 valence electrons. The third-order valence-electron chi connectivity index (χ3n) is 3.66. The maximum absolute atomic E-state index is 13.1. The number of benzene rings is 1. The van der Waals surface area contributed by atoms with Crippen molar-refractivity contribution >= 4 is 22.6 Å². The summed E-state index contributed by atoms with van der Waals surface area (Å²) in [5.74, 6) is -1.31. The number of anilines is 1. The van der Waals surface area contributed by atoms with E-state index in [1.54, 1.807) is 24.3 Å². The van der Waals surface area contributed by atoms with Gasteiger partial charge < -0.3 is 10.4 Å². The van der Waals surface area contributed by atoms with Crippen LogP contribution in [0, 0.1) is 0 Å². The molecule has 1 heterocycles. The van der Waals surface area contributed by atoms with Gasteiger partial charge in [0.2, 0.25) is 0 Å². The molecule has 21 heavy (non-hydrogen) atoms. The predicted octanol–water partition coefficient (Wildman–Crippen LogP) is 3.44. The molecule has 3 rings (SSSR count). The Labute approximate surface area is 117 Å². The first kappa shape index (κ1) is 13.7. The van der Waals surface area contributed by atoms with E-state index in [2.05, 4.69) is 10.3 Å². The Balaban J connectivity index is 2.16. The van der Waals surface area contributed by atoms with Gasteiger partial charge in [0.05, 0.1) is 11.2 Å². The summed E-state index contributed by atoms with van der Waals surface area (Å²) in [6.45, 7) is 0. The van der Waals surface area contributed by atoms with E-state index in [0.717, 1.165) is 6.20 Å². The number of hydrogen-bond acceptors (Lipinski definition) is 3. The van der Waals surface area contributed by atoms with Crippen LogP contribution in [0.25, 0.3) is 10.9 Å². The Hall–Kier alpha value is -2.31. The average Bonchev–Trinajstić information content (AvgIpc) is 3.19. The number of hydrogen-bond donors (Lipinski definition) is 2. The van der Waals surface area contributed by atoms with Crippen LogP contribution >= 0.6 is 0 Å². The third kappa shape index (κ3) is 2.18. The van der Waals surface area contributed by atoms with Crippen LogP contribution in [0.3, 0.4) is 0 Å². The van der Waals surface area contributed by atoms with Gasteiger partial charge >= 0.3 is 12.1 Å². The summed E-state index contributed by atoms with van der Waals surface area (Å²) in [6.07, 6.45) is -3.47. The molecule has 0 radical (unpaired) electrons. The lowest BCUT2D eigenvalue weighted by molar-refractivity contribution is -0.151. The summed E-state index contributed by atoms with van der Waals surface area (Å²) in [6, 6.07) is 6.51. The zero-order chi connectivity index (χ0) is 15.3. The quantitative estimate of drug-likeness (QED) is 0.910. The lowest BCUT2D eigenvalue weighted by Gasteiger charge is -2.23. The highest BCUT2D eigenvalue weighted by molar-refractivity contribution is 6.04. The number of nitrogens with one attached hydrogen (secondary N) is 1. The fraction of sp³-hybridized carbons (Fsp3) is 0.286. The largest absolute Gasteiger partial charge is 0.478 e. The minimum atomic E-state index is -4.42. The summed E-state index contributed by atoms with van der Waals surface area (Å²) in [4.78, 5) is 15.2. The summed E-state index contributed by atoms with van der Waals surface area (Å²) in [5.41, 5.74) is -1.86. The zero-order valence-corrected chi connectivity index (χ0v) is 10.7. The van der Waals surface area contributed by atoms with Gasteiger partial charge in [0.15, 0.2) is 0 Å². The Kier molecular flexibility index (Phi) is 2.82. The molecule has 4 nitrogen and oxygen atoms in total. The average molecular weight is 296 g/mol. The number of nitrogens with zero attached hydrogens (tertiary/aromatic N) is 1.